The quantitative estimate of drug-likeness (QED) is 0.558. The van der Waals surface area contributed by atoms with E-state index in [4.69, 9.17) is 4.42 Å². The Morgan fingerprint density at radius 2 is 2.38 bits per heavy atom. The highest BCUT2D eigenvalue weighted by molar-refractivity contribution is 8.00. The molecular weight excluding hydrogens is 376 g/mol. The predicted molar refractivity (Wildman–Crippen MR) is 98.4 cm³/mol. The van der Waals surface area contributed by atoms with Crippen LogP contribution >= 0.6 is 11.8 Å². The van der Waals surface area contributed by atoms with E-state index in [0.717, 1.165) is 0 Å². The van der Waals surface area contributed by atoms with Crippen LogP contribution in [-0.2, 0) is 21.2 Å². The van der Waals surface area contributed by atoms with E-state index >= 15 is 0 Å². The maximum Gasteiger partial charge on any atom is 0.233 e. The number of aromatic nitrogens is 3. The maximum absolute atomic E-state index is 12.4. The van der Waals surface area contributed by atoms with E-state index in [9.17, 15) is 13.2 Å². The first kappa shape index (κ1) is 18.7. The van der Waals surface area contributed by atoms with Gasteiger partial charge in [-0.3, -0.25) is 9.36 Å². The molecule has 1 fully saturated rings. The highest BCUT2D eigenvalue weighted by Crippen LogP contribution is 2.27. The largest absolute Gasteiger partial charge is 0.461 e. The van der Waals surface area contributed by atoms with Gasteiger partial charge in [0.05, 0.1) is 23.0 Å². The number of nitrogens with zero attached hydrogens (tertiary/aromatic N) is 3. The number of hydrogen-bond donors (Lipinski definition) is 1. The van der Waals surface area contributed by atoms with E-state index in [-0.39, 0.29) is 23.5 Å². The first-order valence-corrected chi connectivity index (χ1v) is 10.8. The second-order valence-electron chi connectivity index (χ2n) is 6.05. The van der Waals surface area contributed by atoms with Gasteiger partial charge in [0.25, 0.3) is 0 Å². The number of hydrogen-bond acceptors (Lipinski definition) is 7. The summed E-state index contributed by atoms with van der Waals surface area (Å²) in [7, 11) is -3.03. The molecule has 0 saturated carbocycles. The van der Waals surface area contributed by atoms with Gasteiger partial charge in [0.1, 0.15) is 0 Å². The van der Waals surface area contributed by atoms with Crippen LogP contribution in [0.25, 0.3) is 11.6 Å². The van der Waals surface area contributed by atoms with E-state index in [1.165, 1.54) is 11.8 Å². The Morgan fingerprint density at radius 3 is 3.00 bits per heavy atom. The van der Waals surface area contributed by atoms with Crippen LogP contribution < -0.4 is 5.32 Å². The average molecular weight is 396 g/mol. The van der Waals surface area contributed by atoms with E-state index in [2.05, 4.69) is 22.1 Å². The third-order valence-electron chi connectivity index (χ3n) is 4.00. The summed E-state index contributed by atoms with van der Waals surface area (Å²) in [5.74, 6) is 1.06. The summed E-state index contributed by atoms with van der Waals surface area (Å²) >= 11 is 1.26. The van der Waals surface area contributed by atoms with Gasteiger partial charge in [0, 0.05) is 12.6 Å². The first-order valence-electron chi connectivity index (χ1n) is 8.15. The SMILES string of the molecule is C=CCn1c(SC(C)C(=O)NC2CCS(=O)(=O)C2)nnc1-c1ccco1. The van der Waals surface area contributed by atoms with Gasteiger partial charge in [-0.1, -0.05) is 17.8 Å². The number of amides is 1. The van der Waals surface area contributed by atoms with Crippen molar-refractivity contribution in [1.29, 1.82) is 0 Å². The molecule has 0 aromatic carbocycles. The zero-order valence-corrected chi connectivity index (χ0v) is 15.9. The molecule has 140 valence electrons. The molecule has 2 aromatic heterocycles. The van der Waals surface area contributed by atoms with Crippen molar-refractivity contribution in [3.63, 3.8) is 0 Å². The molecule has 1 N–H and O–H groups in total. The van der Waals surface area contributed by atoms with Gasteiger partial charge in [-0.15, -0.1) is 16.8 Å². The lowest BCUT2D eigenvalue weighted by Crippen LogP contribution is -2.40. The Bertz CT molecular complexity index is 890. The zero-order chi connectivity index (χ0) is 18.7. The number of sulfone groups is 1. The third kappa shape index (κ3) is 4.18. The van der Waals surface area contributed by atoms with Crippen LogP contribution in [0, 0.1) is 0 Å². The molecule has 1 saturated heterocycles. The number of carbonyl (C=O) groups excluding carboxylic acids is 1. The fraction of sp³-hybridized carbons (Fsp3) is 0.438. The van der Waals surface area contributed by atoms with Crippen LogP contribution in [-0.4, -0.2) is 51.9 Å². The number of allylic oxidation sites excluding steroid dienone is 1. The molecule has 0 radical (unpaired) electrons. The number of rotatable bonds is 7. The van der Waals surface area contributed by atoms with Gasteiger partial charge in [-0.2, -0.15) is 0 Å². The standard InChI is InChI=1S/C16H20N4O4S2/c1-3-7-20-14(13-5-4-8-24-13)18-19-16(20)25-11(2)15(21)17-12-6-9-26(22,23)10-12/h3-5,8,11-12H,1,6-7,9-10H2,2H3,(H,17,21). The maximum atomic E-state index is 12.4. The van der Waals surface area contributed by atoms with Crippen molar-refractivity contribution in [3.05, 3.63) is 31.1 Å². The molecule has 0 bridgehead atoms. The van der Waals surface area contributed by atoms with Gasteiger partial charge in [-0.05, 0) is 25.5 Å². The Morgan fingerprint density at radius 1 is 1.58 bits per heavy atom. The van der Waals surface area contributed by atoms with Crippen molar-refractivity contribution in [2.75, 3.05) is 11.5 Å². The first-order chi connectivity index (χ1) is 12.4. The summed E-state index contributed by atoms with van der Waals surface area (Å²) in [6, 6.07) is 3.23. The van der Waals surface area contributed by atoms with Crippen molar-refractivity contribution in [1.82, 2.24) is 20.1 Å². The molecule has 0 spiro atoms. The Labute approximate surface area is 156 Å². The van der Waals surface area contributed by atoms with Crippen molar-refractivity contribution in [3.8, 4) is 11.6 Å². The molecule has 1 aliphatic heterocycles. The minimum atomic E-state index is -3.03. The van der Waals surface area contributed by atoms with Gasteiger partial charge in [0.2, 0.25) is 11.7 Å². The van der Waals surface area contributed by atoms with E-state index in [0.29, 0.717) is 29.7 Å². The van der Waals surface area contributed by atoms with Gasteiger partial charge >= 0.3 is 0 Å². The molecule has 2 atom stereocenters. The van der Waals surface area contributed by atoms with Crippen LogP contribution in [0.2, 0.25) is 0 Å². The number of carbonyl (C=O) groups is 1. The monoisotopic (exact) mass is 396 g/mol. The molecule has 2 unspecified atom stereocenters. The smallest absolute Gasteiger partial charge is 0.233 e. The normalized spacial score (nSPS) is 20.0. The summed E-state index contributed by atoms with van der Waals surface area (Å²) in [5, 5.41) is 11.2. The Hall–Kier alpha value is -2.07. The fourth-order valence-corrected chi connectivity index (χ4v) is 5.24. The molecule has 2 aromatic rings. The molecule has 26 heavy (non-hydrogen) atoms. The summed E-state index contributed by atoms with van der Waals surface area (Å²) in [4.78, 5) is 12.4. The molecule has 10 heteroatoms. The van der Waals surface area contributed by atoms with Gasteiger partial charge < -0.3 is 9.73 Å². The van der Waals surface area contributed by atoms with Crippen LogP contribution in [0.4, 0.5) is 0 Å². The van der Waals surface area contributed by atoms with E-state index < -0.39 is 15.1 Å². The molecule has 1 aliphatic rings. The van der Waals surface area contributed by atoms with Crippen LogP contribution in [0.1, 0.15) is 13.3 Å². The summed E-state index contributed by atoms with van der Waals surface area (Å²) < 4.78 is 30.2. The second kappa shape index (κ2) is 7.67. The van der Waals surface area contributed by atoms with Crippen LogP contribution in [0.15, 0.2) is 40.6 Å². The number of thioether (sulfide) groups is 1. The van der Waals surface area contributed by atoms with Gasteiger partial charge in [-0.25, -0.2) is 8.42 Å². The lowest BCUT2D eigenvalue weighted by molar-refractivity contribution is -0.120. The summed E-state index contributed by atoms with van der Waals surface area (Å²) in [5.41, 5.74) is 0. The van der Waals surface area contributed by atoms with Crippen molar-refractivity contribution in [2.45, 2.75) is 36.3 Å². The average Bonchev–Trinajstić information content (AvgIpc) is 3.29. The number of furan rings is 1. The minimum absolute atomic E-state index is 0.00537. The number of nitrogens with one attached hydrogen (secondary N) is 1. The van der Waals surface area contributed by atoms with Crippen molar-refractivity contribution >= 4 is 27.5 Å². The van der Waals surface area contributed by atoms with E-state index in [1.54, 1.807) is 31.4 Å². The molecule has 0 aliphatic carbocycles. The third-order valence-corrected chi connectivity index (χ3v) is 6.85. The van der Waals surface area contributed by atoms with Crippen molar-refractivity contribution < 1.29 is 17.6 Å². The highest BCUT2D eigenvalue weighted by Gasteiger charge is 2.30. The van der Waals surface area contributed by atoms with Gasteiger partial charge in [0.15, 0.2) is 20.8 Å². The Kier molecular flexibility index (Phi) is 5.52. The predicted octanol–water partition coefficient (Wildman–Crippen LogP) is 1.51. The summed E-state index contributed by atoms with van der Waals surface area (Å²) in [6.07, 6.45) is 3.73. The molecule has 3 rings (SSSR count). The lowest BCUT2D eigenvalue weighted by Gasteiger charge is -2.15. The van der Waals surface area contributed by atoms with Crippen molar-refractivity contribution in [2.24, 2.45) is 0 Å². The zero-order valence-electron chi connectivity index (χ0n) is 14.3. The molecular formula is C16H20N4O4S2. The topological polar surface area (TPSA) is 107 Å². The van der Waals surface area contributed by atoms with Crippen LogP contribution in [0.5, 0.6) is 0 Å². The Balaban J connectivity index is 1.70. The molecule has 1 amide bonds. The van der Waals surface area contributed by atoms with E-state index in [1.807, 2.05) is 4.57 Å². The molecule has 8 nitrogen and oxygen atoms in total. The minimum Gasteiger partial charge on any atom is -0.461 e. The summed E-state index contributed by atoms with van der Waals surface area (Å²) in [6.45, 7) is 5.97. The second-order valence-corrected chi connectivity index (χ2v) is 9.59. The molecule has 3 heterocycles. The highest BCUT2D eigenvalue weighted by atomic mass is 32.2. The van der Waals surface area contributed by atoms with Crippen LogP contribution in [0.3, 0.4) is 0 Å². The fourth-order valence-electron chi connectivity index (χ4n) is 2.70. The lowest BCUT2D eigenvalue weighted by atomic mass is 10.2.